The second-order valence-electron chi connectivity index (χ2n) is 6.16. The Morgan fingerprint density at radius 2 is 1.77 bits per heavy atom. The van der Waals surface area contributed by atoms with Crippen LogP contribution in [0, 0.1) is 5.92 Å². The van der Waals surface area contributed by atoms with Crippen molar-refractivity contribution in [3.8, 4) is 0 Å². The molecule has 0 aromatic rings. The number of rotatable bonds is 5. The van der Waals surface area contributed by atoms with Gasteiger partial charge in [0.05, 0.1) is 24.8 Å². The second kappa shape index (κ2) is 10.1. The van der Waals surface area contributed by atoms with Crippen LogP contribution in [0.4, 0.5) is 0 Å². The van der Waals surface area contributed by atoms with Crippen molar-refractivity contribution in [2.75, 3.05) is 13.7 Å². The van der Waals surface area contributed by atoms with Gasteiger partial charge in [0.2, 0.25) is 0 Å². The van der Waals surface area contributed by atoms with Crippen LogP contribution in [0.5, 0.6) is 0 Å². The van der Waals surface area contributed by atoms with Crippen molar-refractivity contribution in [2.45, 2.75) is 62.2 Å². The predicted molar refractivity (Wildman–Crippen MR) is 76.6 cm³/mol. The van der Waals surface area contributed by atoms with E-state index in [1.54, 1.807) is 0 Å². The molecule has 10 atom stereocenters. The molecule has 2 fully saturated rings. The number of aliphatic hydroxyl groups is 4. The molecule has 2 aliphatic heterocycles. The maximum absolute atomic E-state index is 11.1. The third kappa shape index (κ3) is 4.79. The number of carbonyl (C=O) groups excluding carboxylic acids is 1. The molecule has 2 saturated heterocycles. The quantitative estimate of drug-likeness (QED) is 0.323. The van der Waals surface area contributed by atoms with Gasteiger partial charge in [-0.15, -0.1) is 0 Å². The van der Waals surface area contributed by atoms with Crippen molar-refractivity contribution in [1.29, 1.82) is 0 Å². The number of hydrogen-bond donors (Lipinski definition) is 4. The zero-order chi connectivity index (χ0) is 18.9. The first-order chi connectivity index (χ1) is 11.7. The first-order valence-electron chi connectivity index (χ1n) is 7.79. The molecule has 149 valence electrons. The monoisotopic (exact) mass is 454 g/mol. The number of carboxylic acids is 1. The van der Waals surface area contributed by atoms with E-state index in [-0.39, 0.29) is 32.7 Å². The summed E-state index contributed by atoms with van der Waals surface area (Å²) in [6.07, 6.45) is -11.3. The third-order valence-electron chi connectivity index (χ3n) is 4.53. The van der Waals surface area contributed by atoms with Crippen LogP contribution in [0.15, 0.2) is 0 Å². The van der Waals surface area contributed by atoms with Crippen LogP contribution in [0.3, 0.4) is 0 Å². The van der Waals surface area contributed by atoms with Crippen LogP contribution in [-0.4, -0.2) is 95.4 Å². The van der Waals surface area contributed by atoms with Crippen LogP contribution in [0.25, 0.3) is 5.73 Å². The third-order valence-corrected chi connectivity index (χ3v) is 4.53. The van der Waals surface area contributed by atoms with Gasteiger partial charge in [-0.2, -0.15) is 0 Å². The molecule has 0 aliphatic carbocycles. The molecule has 12 heteroatoms. The van der Waals surface area contributed by atoms with Gasteiger partial charge in [0.1, 0.15) is 30.7 Å². The van der Waals surface area contributed by atoms with Crippen molar-refractivity contribution >= 4 is 5.97 Å². The number of ether oxygens (including phenoxy) is 4. The number of nitrogens with one attached hydrogen (secondary N) is 1. The summed E-state index contributed by atoms with van der Waals surface area (Å²) in [6, 6.07) is -1.28. The summed E-state index contributed by atoms with van der Waals surface area (Å²) in [6.45, 7) is 0.767. The van der Waals surface area contributed by atoms with E-state index in [2.05, 4.69) is 0 Å². The molecular formula is C14H23NO10Y-2. The Labute approximate surface area is 175 Å². The van der Waals surface area contributed by atoms with Crippen molar-refractivity contribution < 1.29 is 82.0 Å². The fourth-order valence-electron chi connectivity index (χ4n) is 2.97. The molecule has 0 amide bonds. The summed E-state index contributed by atoms with van der Waals surface area (Å²) in [5, 5.41) is 50.8. The average molecular weight is 454 g/mol. The topological polar surface area (TPSA) is 182 Å². The Balaban J connectivity index is 0.00000338. The molecule has 0 aromatic carbocycles. The Kier molecular flexibility index (Phi) is 9.44. The van der Waals surface area contributed by atoms with Gasteiger partial charge >= 0.3 is 0 Å². The van der Waals surface area contributed by atoms with E-state index in [4.69, 9.17) is 24.7 Å². The SMILES string of the molecule is CO[C@@H]1O[C@@H](CO)[C@@H](O[C@@H]2OC(C(=O)[O-])[C@@H](C)[C@H](O)C2O)C(O)C1[NH-].[Y]. The van der Waals surface area contributed by atoms with Gasteiger partial charge in [-0.1, -0.05) is 13.0 Å². The molecule has 26 heavy (non-hydrogen) atoms. The summed E-state index contributed by atoms with van der Waals surface area (Å²) in [7, 11) is 1.27. The molecule has 0 saturated carbocycles. The van der Waals surface area contributed by atoms with Gasteiger partial charge < -0.3 is 55.0 Å². The van der Waals surface area contributed by atoms with E-state index < -0.39 is 73.7 Å². The van der Waals surface area contributed by atoms with Crippen LogP contribution in [0.2, 0.25) is 0 Å². The first kappa shape index (κ1) is 24.3. The van der Waals surface area contributed by atoms with Crippen molar-refractivity contribution in [1.82, 2.24) is 0 Å². The smallest absolute Gasteiger partial charge is 0.187 e. The standard InChI is InChI=1S/C14H24NO10.Y/c1-4-7(17)9(19)14(24-10(4)12(20)21)25-11-5(3-16)23-13(22-2)6(15)8(11)18;/h4-11,13-19H,3H2,1-2H3,(H,20,21);/q-1;/p-1/t4-,5-,6?,7-,8?,9?,10?,11+,13+,14-;/m0./s1. The number of carbonyl (C=O) groups is 1. The molecule has 4 unspecified atom stereocenters. The Morgan fingerprint density at radius 1 is 1.15 bits per heavy atom. The molecule has 0 spiro atoms. The normalized spacial score (nSPS) is 46.4. The molecule has 2 heterocycles. The summed E-state index contributed by atoms with van der Waals surface area (Å²) < 4.78 is 20.7. The van der Waals surface area contributed by atoms with Crippen LogP contribution in [-0.2, 0) is 56.5 Å². The van der Waals surface area contributed by atoms with Crippen LogP contribution < -0.4 is 5.11 Å². The van der Waals surface area contributed by atoms with Crippen LogP contribution in [0.1, 0.15) is 6.92 Å². The van der Waals surface area contributed by atoms with Gasteiger partial charge in [0, 0.05) is 45.7 Å². The summed E-state index contributed by atoms with van der Waals surface area (Å²) >= 11 is 0. The second-order valence-corrected chi connectivity index (χ2v) is 6.16. The number of aliphatic carboxylic acids is 1. The van der Waals surface area contributed by atoms with Crippen molar-refractivity contribution in [3.05, 3.63) is 5.73 Å². The average Bonchev–Trinajstić information content (AvgIpc) is 2.58. The summed E-state index contributed by atoms with van der Waals surface area (Å²) in [4.78, 5) is 11.1. The van der Waals surface area contributed by atoms with Gasteiger partial charge in [-0.25, -0.2) is 0 Å². The maximum atomic E-state index is 11.1. The van der Waals surface area contributed by atoms with E-state index in [9.17, 15) is 30.3 Å². The molecule has 0 bridgehead atoms. The molecule has 0 aromatic heterocycles. The Morgan fingerprint density at radius 3 is 2.27 bits per heavy atom. The molecular weight excluding hydrogens is 431 g/mol. The van der Waals surface area contributed by atoms with Gasteiger partial charge in [-0.3, -0.25) is 0 Å². The molecule has 2 aliphatic rings. The van der Waals surface area contributed by atoms with Gasteiger partial charge in [-0.05, 0) is 0 Å². The molecule has 2 rings (SSSR count). The molecule has 11 nitrogen and oxygen atoms in total. The largest absolute Gasteiger partial charge is 0.668 e. The fourth-order valence-corrected chi connectivity index (χ4v) is 2.97. The van der Waals surface area contributed by atoms with Crippen molar-refractivity contribution in [2.24, 2.45) is 5.92 Å². The molecule has 1 radical (unpaired) electrons. The van der Waals surface area contributed by atoms with E-state index in [1.165, 1.54) is 14.0 Å². The van der Waals surface area contributed by atoms with Crippen molar-refractivity contribution in [3.63, 3.8) is 0 Å². The minimum absolute atomic E-state index is 0. The van der Waals surface area contributed by atoms with E-state index in [0.29, 0.717) is 0 Å². The minimum atomic E-state index is -1.63. The minimum Gasteiger partial charge on any atom is -0.668 e. The first-order valence-corrected chi connectivity index (χ1v) is 7.79. The number of methoxy groups -OCH3 is 1. The zero-order valence-electron chi connectivity index (χ0n) is 14.3. The fraction of sp³-hybridized carbons (Fsp3) is 0.929. The number of aliphatic hydroxyl groups excluding tert-OH is 4. The summed E-state index contributed by atoms with van der Waals surface area (Å²) in [5.74, 6) is -2.55. The Hall–Kier alpha value is 0.214. The predicted octanol–water partition coefficient (Wildman–Crippen LogP) is -3.65. The van der Waals surface area contributed by atoms with E-state index in [0.717, 1.165) is 0 Å². The number of hydrogen-bond acceptors (Lipinski definition) is 10. The zero-order valence-corrected chi connectivity index (χ0v) is 17.1. The molecule has 5 N–H and O–H groups in total. The maximum Gasteiger partial charge on any atom is 0.187 e. The van der Waals surface area contributed by atoms with Crippen LogP contribution >= 0.6 is 0 Å². The van der Waals surface area contributed by atoms with E-state index in [1.807, 2.05) is 0 Å². The van der Waals surface area contributed by atoms with Gasteiger partial charge in [0.25, 0.3) is 0 Å². The van der Waals surface area contributed by atoms with Gasteiger partial charge in [0.15, 0.2) is 6.29 Å². The Bertz CT molecular complexity index is 469. The number of carboxylic acid groups (broad SMARTS) is 1. The summed E-state index contributed by atoms with van der Waals surface area (Å²) in [5.41, 5.74) is 7.86. The van der Waals surface area contributed by atoms with E-state index >= 15 is 0 Å².